The Kier molecular flexibility index (Phi) is 11.3. The van der Waals surface area contributed by atoms with Gasteiger partial charge in [-0.2, -0.15) is 47.4 Å². The first-order chi connectivity index (χ1) is 44.7. The lowest BCUT2D eigenvalue weighted by atomic mass is 9.97. The zero-order valence-electron chi connectivity index (χ0n) is 47.3. The molecule has 0 aliphatic heterocycles. The van der Waals surface area contributed by atoms with Crippen LogP contribution in [0.25, 0.3) is 138 Å². The number of hydrogen-bond donors (Lipinski definition) is 0. The number of aromatic nitrogens is 6. The lowest BCUT2D eigenvalue weighted by molar-refractivity contribution is 1.01. The van der Waals surface area contributed by atoms with E-state index in [1.54, 1.807) is 97.1 Å². The summed E-state index contributed by atoms with van der Waals surface area (Å²) in [7, 11) is 0. The van der Waals surface area contributed by atoms with Gasteiger partial charge in [0.05, 0.1) is 177 Å². The van der Waals surface area contributed by atoms with Crippen LogP contribution >= 0.6 is 0 Å². The van der Waals surface area contributed by atoms with Gasteiger partial charge in [-0.25, -0.2) is 4.98 Å². The quantitative estimate of drug-likeness (QED) is 0.152. The zero-order valence-corrected chi connectivity index (χ0v) is 47.3. The van der Waals surface area contributed by atoms with E-state index in [2.05, 4.69) is 68.3 Å². The van der Waals surface area contributed by atoms with Gasteiger partial charge in [0.1, 0.15) is 17.5 Å². The highest BCUT2D eigenvalue weighted by Crippen LogP contribution is 2.53. The molecule has 16 rings (SSSR count). The maximum absolute atomic E-state index is 13.2. The molecule has 0 radical (unpaired) electrons. The van der Waals surface area contributed by atoms with Crippen molar-refractivity contribution in [2.45, 2.75) is 0 Å². The van der Waals surface area contributed by atoms with Gasteiger partial charge in [0.25, 0.3) is 0 Å². The summed E-state index contributed by atoms with van der Waals surface area (Å²) < 4.78 is 10.2. The minimum Gasteiger partial charge on any atom is -0.307 e. The van der Waals surface area contributed by atoms with Gasteiger partial charge in [0.15, 0.2) is 0 Å². The van der Waals surface area contributed by atoms with Crippen LogP contribution < -0.4 is 0 Å². The van der Waals surface area contributed by atoms with Crippen LogP contribution in [0.2, 0.25) is 0 Å². The van der Waals surface area contributed by atoms with E-state index in [1.807, 2.05) is 112 Å². The molecule has 0 aliphatic rings. The Hall–Kier alpha value is -14.5. The summed E-state index contributed by atoms with van der Waals surface area (Å²) in [6.07, 6.45) is 0. The Bertz CT molecular complexity index is 6170. The molecule has 15 heteroatoms. The van der Waals surface area contributed by atoms with E-state index in [-0.39, 0.29) is 11.3 Å². The van der Waals surface area contributed by atoms with Crippen molar-refractivity contribution in [2.75, 3.05) is 0 Å². The number of imidazole rings is 1. The monoisotopic (exact) mass is 1160 g/mol. The molecule has 0 aliphatic carbocycles. The Morgan fingerprint density at radius 2 is 0.527 bits per heavy atom. The molecule has 0 bridgehead atoms. The van der Waals surface area contributed by atoms with Gasteiger partial charge < -0.3 is 18.3 Å². The zero-order chi connectivity index (χ0) is 61.9. The fourth-order valence-corrected chi connectivity index (χ4v) is 13.5. The molecular weight excluding hydrogens is 1120 g/mol. The summed E-state index contributed by atoms with van der Waals surface area (Å²) in [4.78, 5) is 5.73. The summed E-state index contributed by atoms with van der Waals surface area (Å²) in [6.45, 7) is 0. The molecule has 0 unspecified atom stereocenters. The molecule has 0 saturated heterocycles. The molecular formula is C76H33N15. The van der Waals surface area contributed by atoms with E-state index in [0.717, 1.165) is 0 Å². The molecule has 0 fully saturated rings. The standard InChI is InChI=1S/C76H33N15/c77-34-43-10-18-62-52(26-43)53-27-44(35-78)11-19-63(53)88(62)72-60(42-85)73(89-64-20-12-45(36-79)28-54(64)55-29-46(37-80)13-21-65(55)89)75(91-68-24-16-49(40-83)32-58(68)59-33-50(41-84)17-25-69(59)91)74(71(72)76-86-61-8-4-5-9-70(61)87(76)51-6-2-1-3-7-51)90-66-22-14-47(38-81)30-56(66)57-31-48(39-82)15-23-67(57)90/h1-33H. The second kappa shape index (κ2) is 19.8. The molecule has 16 aromatic rings. The Morgan fingerprint density at radius 3 is 0.846 bits per heavy atom. The average molecular weight is 1160 g/mol. The number of hydrogen-bond acceptors (Lipinski definition) is 10. The number of benzene rings is 11. The third-order valence-electron chi connectivity index (χ3n) is 17.3. The van der Waals surface area contributed by atoms with Crippen molar-refractivity contribution in [3.05, 3.63) is 250 Å². The molecule has 91 heavy (non-hydrogen) atoms. The van der Waals surface area contributed by atoms with Crippen molar-refractivity contribution in [3.63, 3.8) is 0 Å². The molecule has 15 nitrogen and oxygen atoms in total. The number of rotatable bonds is 6. The maximum atomic E-state index is 13.2. The summed E-state index contributed by atoms with van der Waals surface area (Å²) in [5.74, 6) is 0.357. The highest BCUT2D eigenvalue weighted by Gasteiger charge is 2.37. The van der Waals surface area contributed by atoms with Gasteiger partial charge in [-0.15, -0.1) is 0 Å². The molecule has 0 atom stereocenters. The average Bonchev–Trinajstić information content (AvgIpc) is 1.59. The van der Waals surface area contributed by atoms with Crippen LogP contribution in [0.15, 0.2) is 200 Å². The lowest BCUT2D eigenvalue weighted by Crippen LogP contribution is -2.17. The normalized spacial score (nSPS) is 11.2. The fourth-order valence-electron chi connectivity index (χ4n) is 13.5. The predicted molar refractivity (Wildman–Crippen MR) is 346 cm³/mol. The van der Waals surface area contributed by atoms with Crippen molar-refractivity contribution in [1.29, 1.82) is 47.4 Å². The van der Waals surface area contributed by atoms with E-state index in [9.17, 15) is 47.4 Å². The van der Waals surface area contributed by atoms with Crippen LogP contribution in [0, 0.1) is 102 Å². The van der Waals surface area contributed by atoms with Crippen molar-refractivity contribution in [2.24, 2.45) is 0 Å². The van der Waals surface area contributed by atoms with E-state index in [0.29, 0.717) is 177 Å². The van der Waals surface area contributed by atoms with Gasteiger partial charge in [-0.1, -0.05) is 30.3 Å². The van der Waals surface area contributed by atoms with Crippen molar-refractivity contribution >= 4 is 98.3 Å². The van der Waals surface area contributed by atoms with Crippen LogP contribution in [0.1, 0.15) is 50.1 Å². The van der Waals surface area contributed by atoms with E-state index >= 15 is 0 Å². The number of fused-ring (bicyclic) bond motifs is 13. The van der Waals surface area contributed by atoms with Crippen LogP contribution in [-0.4, -0.2) is 27.8 Å². The second-order valence-electron chi connectivity index (χ2n) is 21.9. The Balaban J connectivity index is 1.31. The first kappa shape index (κ1) is 52.1. The maximum Gasteiger partial charge on any atom is 0.150 e. The first-order valence-electron chi connectivity index (χ1n) is 28.5. The van der Waals surface area contributed by atoms with Gasteiger partial charge in [0.2, 0.25) is 0 Å². The SMILES string of the molecule is N#Cc1ccc2c(c1)c1cc(C#N)ccc1n2-c1c(C#N)c(-n2c3ccc(C#N)cc3c3cc(C#N)ccc32)c(-n2c3ccc(C#N)cc3c3cc(C#N)ccc32)c(-n2c3ccc(C#N)cc3c3cc(C#N)ccc32)c1-c1nc2ccccc2n1-c1ccccc1. The van der Waals surface area contributed by atoms with Crippen molar-refractivity contribution < 1.29 is 0 Å². The number of nitriles is 9. The van der Waals surface area contributed by atoms with Gasteiger partial charge in [-0.3, -0.25) is 4.57 Å². The highest BCUT2D eigenvalue weighted by molar-refractivity contribution is 6.18. The number of nitrogens with zero attached hydrogens (tertiary/aromatic N) is 15. The van der Waals surface area contributed by atoms with E-state index in [1.165, 1.54) is 0 Å². The topological polar surface area (TPSA) is 252 Å². The molecule has 0 spiro atoms. The lowest BCUT2D eigenvalue weighted by Gasteiger charge is -2.29. The van der Waals surface area contributed by atoms with Gasteiger partial charge >= 0.3 is 0 Å². The largest absolute Gasteiger partial charge is 0.307 e. The van der Waals surface area contributed by atoms with Crippen LogP contribution in [0.4, 0.5) is 0 Å². The second-order valence-corrected chi connectivity index (χ2v) is 21.9. The van der Waals surface area contributed by atoms with Crippen molar-refractivity contribution in [1.82, 2.24) is 27.8 Å². The van der Waals surface area contributed by atoms with Crippen LogP contribution in [-0.2, 0) is 0 Å². The van der Waals surface area contributed by atoms with Crippen LogP contribution in [0.5, 0.6) is 0 Å². The fraction of sp³-hybridized carbons (Fsp3) is 0. The predicted octanol–water partition coefficient (Wildman–Crippen LogP) is 15.9. The molecule has 0 saturated carbocycles. The molecule has 5 heterocycles. The van der Waals surface area contributed by atoms with E-state index < -0.39 is 0 Å². The Labute approximate surface area is 515 Å². The third-order valence-corrected chi connectivity index (χ3v) is 17.3. The minimum absolute atomic E-state index is 0.0806. The summed E-state index contributed by atoms with van der Waals surface area (Å²) >= 11 is 0. The van der Waals surface area contributed by atoms with Crippen molar-refractivity contribution in [3.8, 4) is 94.4 Å². The summed E-state index contributed by atoms with van der Waals surface area (Å²) in [5.41, 5.74) is 11.1. The first-order valence-corrected chi connectivity index (χ1v) is 28.5. The summed E-state index contributed by atoms with van der Waals surface area (Å²) in [6, 6.07) is 81.8. The Morgan fingerprint density at radius 1 is 0.242 bits per heavy atom. The van der Waals surface area contributed by atoms with E-state index in [4.69, 9.17) is 4.98 Å². The minimum atomic E-state index is 0.0806. The molecule has 412 valence electrons. The highest BCUT2D eigenvalue weighted by atomic mass is 15.2. The summed E-state index contributed by atoms with van der Waals surface area (Å²) in [5, 5.41) is 103. The van der Waals surface area contributed by atoms with Crippen LogP contribution in [0.3, 0.4) is 0 Å². The van der Waals surface area contributed by atoms with Gasteiger partial charge in [0, 0.05) is 48.8 Å². The molecule has 11 aromatic carbocycles. The molecule has 5 aromatic heterocycles. The smallest absolute Gasteiger partial charge is 0.150 e. The van der Waals surface area contributed by atoms with Gasteiger partial charge in [-0.05, 0) is 170 Å². The number of para-hydroxylation sites is 3. The molecule has 0 N–H and O–H groups in total. The third kappa shape index (κ3) is 7.42. The molecule has 0 amide bonds.